The molecule has 1 heterocycles. The summed E-state index contributed by atoms with van der Waals surface area (Å²) in [5, 5.41) is 4.68. The summed E-state index contributed by atoms with van der Waals surface area (Å²) in [6.07, 6.45) is 5.18. The Labute approximate surface area is 115 Å². The summed E-state index contributed by atoms with van der Waals surface area (Å²) in [4.78, 5) is 6.42. The van der Waals surface area contributed by atoms with Crippen molar-refractivity contribution in [2.45, 2.75) is 58.9 Å². The van der Waals surface area contributed by atoms with Crippen molar-refractivity contribution in [1.29, 1.82) is 0 Å². The number of hydrogen-bond acceptors (Lipinski definition) is 3. The monoisotopic (exact) mass is 266 g/mol. The van der Waals surface area contributed by atoms with Gasteiger partial charge in [-0.3, -0.25) is 0 Å². The van der Waals surface area contributed by atoms with Crippen LogP contribution in [0.3, 0.4) is 0 Å². The number of hydrogen-bond donors (Lipinski definition) is 1. The first-order valence-corrected chi connectivity index (χ1v) is 8.04. The molecule has 2 atom stereocenters. The maximum atomic E-state index is 4.96. The minimum absolute atomic E-state index is 0.693. The van der Waals surface area contributed by atoms with E-state index in [1.807, 2.05) is 18.4 Å². The quantitative estimate of drug-likeness (QED) is 0.872. The molecule has 1 aromatic rings. The second-order valence-corrected chi connectivity index (χ2v) is 7.28. The normalized spacial score (nSPS) is 24.1. The van der Waals surface area contributed by atoms with E-state index in [4.69, 9.17) is 4.98 Å². The summed E-state index contributed by atoms with van der Waals surface area (Å²) < 4.78 is 0. The average Bonchev–Trinajstić information content (AvgIpc) is 2.86. The van der Waals surface area contributed by atoms with Crippen molar-refractivity contribution in [3.63, 3.8) is 0 Å². The molecule has 0 aliphatic heterocycles. The summed E-state index contributed by atoms with van der Waals surface area (Å²) in [6.45, 7) is 7.90. The Morgan fingerprint density at radius 2 is 2.17 bits per heavy atom. The Hall–Kier alpha value is -0.410. The lowest BCUT2D eigenvalue weighted by Crippen LogP contribution is -2.07. The third kappa shape index (κ3) is 3.33. The third-order valence-corrected chi connectivity index (χ3v) is 5.04. The van der Waals surface area contributed by atoms with Gasteiger partial charge in [0.1, 0.15) is 0 Å². The van der Waals surface area contributed by atoms with E-state index in [9.17, 15) is 0 Å². The second-order valence-electron chi connectivity index (χ2n) is 6.17. The third-order valence-electron chi connectivity index (χ3n) is 3.78. The standard InChI is InChI=1S/C15H26N2S/c1-10(2)7-13-14(9-16-4)18-15(17-13)12-6-5-11(3)8-12/h10-12,16H,5-9H2,1-4H3. The van der Waals surface area contributed by atoms with Gasteiger partial charge in [-0.25, -0.2) is 4.98 Å². The minimum Gasteiger partial charge on any atom is -0.315 e. The smallest absolute Gasteiger partial charge is 0.0962 e. The van der Waals surface area contributed by atoms with E-state index in [1.54, 1.807) is 0 Å². The van der Waals surface area contributed by atoms with Crippen LogP contribution in [-0.2, 0) is 13.0 Å². The van der Waals surface area contributed by atoms with Gasteiger partial charge in [-0.1, -0.05) is 27.2 Å². The lowest BCUT2D eigenvalue weighted by atomic mass is 10.1. The fourth-order valence-corrected chi connectivity index (χ4v) is 4.11. The van der Waals surface area contributed by atoms with Crippen LogP contribution in [0.2, 0.25) is 0 Å². The molecule has 2 unspecified atom stereocenters. The molecule has 0 radical (unpaired) electrons. The molecule has 0 aromatic carbocycles. The van der Waals surface area contributed by atoms with Gasteiger partial charge in [-0.05, 0) is 38.1 Å². The van der Waals surface area contributed by atoms with Crippen LogP contribution in [0, 0.1) is 11.8 Å². The first-order valence-electron chi connectivity index (χ1n) is 7.23. The number of thiazole rings is 1. The highest BCUT2D eigenvalue weighted by Gasteiger charge is 2.26. The molecule has 18 heavy (non-hydrogen) atoms. The first-order chi connectivity index (χ1) is 8.60. The first kappa shape index (κ1) is 14.0. The molecule has 1 fully saturated rings. The lowest BCUT2D eigenvalue weighted by molar-refractivity contribution is 0.592. The van der Waals surface area contributed by atoms with E-state index in [-0.39, 0.29) is 0 Å². The molecule has 1 N–H and O–H groups in total. The molecule has 0 bridgehead atoms. The molecule has 1 aliphatic rings. The Morgan fingerprint density at radius 3 is 2.72 bits per heavy atom. The molecule has 2 rings (SSSR count). The highest BCUT2D eigenvalue weighted by Crippen LogP contribution is 2.40. The SMILES string of the molecule is CNCc1sc(C2CCC(C)C2)nc1CC(C)C. The van der Waals surface area contributed by atoms with Crippen LogP contribution in [0.5, 0.6) is 0 Å². The molecule has 1 aromatic heterocycles. The van der Waals surface area contributed by atoms with Gasteiger partial charge in [0.2, 0.25) is 0 Å². The highest BCUT2D eigenvalue weighted by molar-refractivity contribution is 7.11. The topological polar surface area (TPSA) is 24.9 Å². The maximum Gasteiger partial charge on any atom is 0.0962 e. The van der Waals surface area contributed by atoms with Crippen molar-refractivity contribution >= 4 is 11.3 Å². The molecular formula is C15H26N2S. The molecular weight excluding hydrogens is 240 g/mol. The van der Waals surface area contributed by atoms with Crippen LogP contribution in [0.4, 0.5) is 0 Å². The van der Waals surface area contributed by atoms with E-state index < -0.39 is 0 Å². The maximum absolute atomic E-state index is 4.96. The summed E-state index contributed by atoms with van der Waals surface area (Å²) in [6, 6.07) is 0. The van der Waals surface area contributed by atoms with Crippen LogP contribution >= 0.6 is 11.3 Å². The van der Waals surface area contributed by atoms with E-state index in [0.29, 0.717) is 5.92 Å². The number of rotatable bonds is 5. The van der Waals surface area contributed by atoms with Crippen LogP contribution < -0.4 is 5.32 Å². The van der Waals surface area contributed by atoms with E-state index in [0.717, 1.165) is 24.8 Å². The molecule has 1 saturated carbocycles. The molecule has 0 amide bonds. The Balaban J connectivity index is 2.16. The van der Waals surface area contributed by atoms with Crippen LogP contribution in [0.1, 0.15) is 61.5 Å². The van der Waals surface area contributed by atoms with Crippen LogP contribution in [-0.4, -0.2) is 12.0 Å². The second kappa shape index (κ2) is 6.16. The van der Waals surface area contributed by atoms with Crippen molar-refractivity contribution in [2.24, 2.45) is 11.8 Å². The Morgan fingerprint density at radius 1 is 1.39 bits per heavy atom. The fourth-order valence-electron chi connectivity index (χ4n) is 2.85. The minimum atomic E-state index is 0.693. The van der Waals surface area contributed by atoms with E-state index in [2.05, 4.69) is 26.1 Å². The molecule has 1 aliphatic carbocycles. The van der Waals surface area contributed by atoms with Crippen LogP contribution in [0.25, 0.3) is 0 Å². The fraction of sp³-hybridized carbons (Fsp3) is 0.800. The Kier molecular flexibility index (Phi) is 4.79. The lowest BCUT2D eigenvalue weighted by Gasteiger charge is -2.05. The van der Waals surface area contributed by atoms with Gasteiger partial charge in [0.15, 0.2) is 0 Å². The van der Waals surface area contributed by atoms with Gasteiger partial charge in [0, 0.05) is 17.3 Å². The van der Waals surface area contributed by atoms with E-state index >= 15 is 0 Å². The summed E-state index contributed by atoms with van der Waals surface area (Å²) in [5.74, 6) is 2.32. The van der Waals surface area contributed by atoms with Crippen molar-refractivity contribution in [3.05, 3.63) is 15.6 Å². The van der Waals surface area contributed by atoms with Gasteiger partial charge in [0.05, 0.1) is 10.7 Å². The zero-order chi connectivity index (χ0) is 13.1. The zero-order valence-corrected chi connectivity index (χ0v) is 12.9. The van der Waals surface area contributed by atoms with Crippen molar-refractivity contribution in [3.8, 4) is 0 Å². The molecule has 3 heteroatoms. The van der Waals surface area contributed by atoms with Gasteiger partial charge < -0.3 is 5.32 Å². The van der Waals surface area contributed by atoms with Crippen molar-refractivity contribution in [2.75, 3.05) is 7.05 Å². The number of nitrogens with zero attached hydrogens (tertiary/aromatic N) is 1. The zero-order valence-electron chi connectivity index (χ0n) is 12.1. The molecule has 0 spiro atoms. The van der Waals surface area contributed by atoms with Gasteiger partial charge in [0.25, 0.3) is 0 Å². The average molecular weight is 266 g/mol. The largest absolute Gasteiger partial charge is 0.315 e. The molecule has 102 valence electrons. The van der Waals surface area contributed by atoms with Gasteiger partial charge in [-0.15, -0.1) is 11.3 Å². The summed E-state index contributed by atoms with van der Waals surface area (Å²) in [5.41, 5.74) is 1.35. The van der Waals surface area contributed by atoms with Gasteiger partial charge in [-0.2, -0.15) is 0 Å². The summed E-state index contributed by atoms with van der Waals surface area (Å²) >= 11 is 1.95. The molecule has 0 saturated heterocycles. The predicted molar refractivity (Wildman–Crippen MR) is 79.2 cm³/mol. The highest BCUT2D eigenvalue weighted by atomic mass is 32.1. The Bertz CT molecular complexity index is 384. The van der Waals surface area contributed by atoms with Crippen molar-refractivity contribution < 1.29 is 0 Å². The summed E-state index contributed by atoms with van der Waals surface area (Å²) in [7, 11) is 2.02. The van der Waals surface area contributed by atoms with Crippen LogP contribution in [0.15, 0.2) is 0 Å². The van der Waals surface area contributed by atoms with E-state index in [1.165, 1.54) is 34.8 Å². The number of aromatic nitrogens is 1. The van der Waals surface area contributed by atoms with Gasteiger partial charge >= 0.3 is 0 Å². The molecule has 2 nitrogen and oxygen atoms in total. The van der Waals surface area contributed by atoms with Crippen molar-refractivity contribution in [1.82, 2.24) is 10.3 Å². The predicted octanol–water partition coefficient (Wildman–Crippen LogP) is 3.96. The number of nitrogens with one attached hydrogen (secondary N) is 1.